The van der Waals surface area contributed by atoms with Gasteiger partial charge in [-0.25, -0.2) is 9.50 Å². The number of aryl methyl sites for hydroxylation is 1. The molecule has 7 heteroatoms. The zero-order chi connectivity index (χ0) is 16.2. The molecule has 0 spiro atoms. The molecule has 4 rings (SSSR count). The first-order valence-electron chi connectivity index (χ1n) is 7.12. The Kier molecular flexibility index (Phi) is 2.94. The summed E-state index contributed by atoms with van der Waals surface area (Å²) in [5, 5.41) is 20.9. The van der Waals surface area contributed by atoms with Gasteiger partial charge < -0.3 is 5.11 Å². The molecule has 116 valence electrons. The number of hydrogen-bond donors (Lipinski definition) is 1. The van der Waals surface area contributed by atoms with Gasteiger partial charge in [0, 0.05) is 12.4 Å². The minimum absolute atomic E-state index is 0.343. The lowest BCUT2D eigenvalue weighted by atomic mass is 9.92. The fourth-order valence-electron chi connectivity index (χ4n) is 2.80. The number of hydrogen-bond acceptors (Lipinski definition) is 4. The van der Waals surface area contributed by atoms with Gasteiger partial charge >= 0.3 is 0 Å². The molecule has 1 atom stereocenters. The molecule has 0 saturated heterocycles. The van der Waals surface area contributed by atoms with E-state index in [2.05, 4.69) is 15.2 Å². The molecule has 23 heavy (non-hydrogen) atoms. The molecule has 3 aromatic heterocycles. The fourth-order valence-corrected chi connectivity index (χ4v) is 2.94. The highest BCUT2D eigenvalue weighted by Crippen LogP contribution is 2.31. The quantitative estimate of drug-likeness (QED) is 0.614. The molecule has 0 aliphatic carbocycles. The monoisotopic (exact) mass is 327 g/mol. The summed E-state index contributed by atoms with van der Waals surface area (Å²) in [7, 11) is 1.89. The summed E-state index contributed by atoms with van der Waals surface area (Å²) < 4.78 is 3.36. The average Bonchev–Trinajstić information content (AvgIpc) is 3.11. The minimum atomic E-state index is -1.26. The number of aromatic nitrogens is 5. The van der Waals surface area contributed by atoms with Crippen LogP contribution >= 0.6 is 11.6 Å². The normalized spacial score (nSPS) is 14.4. The number of halogens is 1. The zero-order valence-corrected chi connectivity index (χ0v) is 13.4. The molecule has 0 unspecified atom stereocenters. The van der Waals surface area contributed by atoms with Crippen LogP contribution in [0.4, 0.5) is 0 Å². The molecular weight excluding hydrogens is 314 g/mol. The molecule has 0 bridgehead atoms. The van der Waals surface area contributed by atoms with Crippen LogP contribution < -0.4 is 0 Å². The molecule has 0 saturated carbocycles. The summed E-state index contributed by atoms with van der Waals surface area (Å²) in [5.74, 6) is 0. The molecule has 0 amide bonds. The fraction of sp³-hybridized carbons (Fsp3) is 0.188. The van der Waals surface area contributed by atoms with Crippen molar-refractivity contribution in [3.63, 3.8) is 0 Å². The number of benzene rings is 1. The maximum atomic E-state index is 11.1. The zero-order valence-electron chi connectivity index (χ0n) is 12.6. The van der Waals surface area contributed by atoms with E-state index in [9.17, 15) is 5.11 Å². The van der Waals surface area contributed by atoms with Crippen LogP contribution in [0.25, 0.3) is 16.6 Å². The minimum Gasteiger partial charge on any atom is -0.379 e. The highest BCUT2D eigenvalue weighted by atomic mass is 35.5. The summed E-state index contributed by atoms with van der Waals surface area (Å²) in [6.07, 6.45) is 3.39. The van der Waals surface area contributed by atoms with Crippen LogP contribution in [-0.4, -0.2) is 29.5 Å². The van der Waals surface area contributed by atoms with Crippen molar-refractivity contribution in [3.8, 4) is 0 Å². The van der Waals surface area contributed by atoms with Crippen LogP contribution in [-0.2, 0) is 12.6 Å². The Labute approximate surface area is 136 Å². The molecule has 1 N–H and O–H groups in total. The lowest BCUT2D eigenvalue weighted by Gasteiger charge is -2.23. The van der Waals surface area contributed by atoms with Crippen molar-refractivity contribution in [1.82, 2.24) is 24.4 Å². The van der Waals surface area contributed by atoms with Gasteiger partial charge in [0.15, 0.2) is 5.65 Å². The number of fused-ring (bicyclic) bond motifs is 2. The van der Waals surface area contributed by atoms with Gasteiger partial charge in [0.1, 0.15) is 10.8 Å². The van der Waals surface area contributed by atoms with E-state index in [0.29, 0.717) is 16.5 Å². The van der Waals surface area contributed by atoms with Crippen molar-refractivity contribution in [3.05, 3.63) is 59.1 Å². The number of imidazole rings is 1. The summed E-state index contributed by atoms with van der Waals surface area (Å²) in [6.45, 7) is 1.72. The second-order valence-electron chi connectivity index (χ2n) is 5.68. The van der Waals surface area contributed by atoms with Gasteiger partial charge in [0.2, 0.25) is 0 Å². The average molecular weight is 328 g/mol. The Morgan fingerprint density at radius 3 is 2.83 bits per heavy atom. The van der Waals surface area contributed by atoms with E-state index >= 15 is 0 Å². The van der Waals surface area contributed by atoms with E-state index in [0.717, 1.165) is 16.5 Å². The molecule has 0 radical (unpaired) electrons. The Hall–Kier alpha value is -2.44. The molecule has 6 nitrogen and oxygen atoms in total. The van der Waals surface area contributed by atoms with Gasteiger partial charge in [0.25, 0.3) is 0 Å². The molecule has 0 aliphatic rings. The smallest absolute Gasteiger partial charge is 0.154 e. The third-order valence-corrected chi connectivity index (χ3v) is 4.34. The molecule has 3 heterocycles. The van der Waals surface area contributed by atoms with E-state index in [1.54, 1.807) is 40.6 Å². The van der Waals surface area contributed by atoms with Crippen molar-refractivity contribution in [1.29, 1.82) is 0 Å². The van der Waals surface area contributed by atoms with Gasteiger partial charge in [-0.1, -0.05) is 17.7 Å². The van der Waals surface area contributed by atoms with Crippen molar-refractivity contribution in [2.24, 2.45) is 7.05 Å². The van der Waals surface area contributed by atoms with E-state index < -0.39 is 5.60 Å². The first-order chi connectivity index (χ1) is 11.0. The van der Waals surface area contributed by atoms with E-state index in [4.69, 9.17) is 11.6 Å². The van der Waals surface area contributed by atoms with Crippen molar-refractivity contribution >= 4 is 28.2 Å². The highest BCUT2D eigenvalue weighted by molar-refractivity contribution is 6.29. The number of nitrogens with zero attached hydrogens (tertiary/aromatic N) is 5. The summed E-state index contributed by atoms with van der Waals surface area (Å²) in [5.41, 5.74) is 1.66. The van der Waals surface area contributed by atoms with E-state index in [1.165, 1.54) is 0 Å². The summed E-state index contributed by atoms with van der Waals surface area (Å²) in [4.78, 5) is 4.28. The topological polar surface area (TPSA) is 68.2 Å². The Bertz CT molecular complexity index is 1030. The third-order valence-electron chi connectivity index (χ3n) is 4.14. The maximum Gasteiger partial charge on any atom is 0.154 e. The van der Waals surface area contributed by atoms with Crippen LogP contribution in [0.3, 0.4) is 0 Å². The molecule has 4 aromatic rings. The Morgan fingerprint density at radius 1 is 1.17 bits per heavy atom. The SMILES string of the molecule is Cn1ncc2cc([C@@](C)(O)c3cnc4ccc(Cl)nn34)ccc21. The van der Waals surface area contributed by atoms with Crippen LogP contribution in [0.15, 0.2) is 42.7 Å². The number of rotatable bonds is 2. The van der Waals surface area contributed by atoms with Gasteiger partial charge in [-0.2, -0.15) is 10.2 Å². The predicted molar refractivity (Wildman–Crippen MR) is 87.4 cm³/mol. The van der Waals surface area contributed by atoms with Crippen molar-refractivity contribution in [2.45, 2.75) is 12.5 Å². The Balaban J connectivity index is 1.91. The largest absolute Gasteiger partial charge is 0.379 e. The van der Waals surface area contributed by atoms with Crippen molar-refractivity contribution < 1.29 is 5.11 Å². The third kappa shape index (κ3) is 2.10. The van der Waals surface area contributed by atoms with Gasteiger partial charge in [-0.05, 0) is 36.8 Å². The van der Waals surface area contributed by atoms with Crippen molar-refractivity contribution in [2.75, 3.05) is 0 Å². The summed E-state index contributed by atoms with van der Waals surface area (Å²) >= 11 is 5.97. The van der Waals surface area contributed by atoms with Crippen LogP contribution in [0.2, 0.25) is 5.15 Å². The predicted octanol–water partition coefficient (Wildman–Crippen LogP) is 2.53. The van der Waals surface area contributed by atoms with Gasteiger partial charge in [-0.3, -0.25) is 4.68 Å². The standard InChI is InChI=1S/C16H14ClN5O/c1-16(23,11-3-4-12-10(7-11)8-19-21(12)2)13-9-18-15-6-5-14(17)20-22(13)15/h3-9,23H,1-2H3/t16-/m1/s1. The first kappa shape index (κ1) is 14.2. The molecule has 0 aliphatic heterocycles. The lowest BCUT2D eigenvalue weighted by molar-refractivity contribution is 0.0954. The second kappa shape index (κ2) is 4.78. The van der Waals surface area contributed by atoms with Gasteiger partial charge in [-0.15, -0.1) is 0 Å². The number of aliphatic hydroxyl groups is 1. The molecule has 1 aromatic carbocycles. The van der Waals surface area contributed by atoms with E-state index in [-0.39, 0.29) is 0 Å². The summed E-state index contributed by atoms with van der Waals surface area (Å²) in [6, 6.07) is 9.18. The van der Waals surface area contributed by atoms with Gasteiger partial charge in [0.05, 0.1) is 23.6 Å². The van der Waals surface area contributed by atoms with Crippen LogP contribution in [0.5, 0.6) is 0 Å². The lowest BCUT2D eigenvalue weighted by Crippen LogP contribution is -2.25. The maximum absolute atomic E-state index is 11.1. The van der Waals surface area contributed by atoms with Crippen LogP contribution in [0.1, 0.15) is 18.2 Å². The molecule has 0 fully saturated rings. The highest BCUT2D eigenvalue weighted by Gasteiger charge is 2.30. The van der Waals surface area contributed by atoms with E-state index in [1.807, 2.05) is 25.2 Å². The van der Waals surface area contributed by atoms with Crippen LogP contribution in [0, 0.1) is 0 Å². The Morgan fingerprint density at radius 2 is 2.00 bits per heavy atom. The first-order valence-corrected chi connectivity index (χ1v) is 7.50. The molecular formula is C16H14ClN5O. The second-order valence-corrected chi connectivity index (χ2v) is 6.07.